The molecule has 2 aromatic carbocycles. The third-order valence-electron chi connectivity index (χ3n) is 3.78. The predicted molar refractivity (Wildman–Crippen MR) is 82.4 cm³/mol. The minimum Gasteiger partial charge on any atom is -0.365 e. The third kappa shape index (κ3) is 2.55. The maximum Gasteiger partial charge on any atom is 0.0448 e. The van der Waals surface area contributed by atoms with Gasteiger partial charge in [0, 0.05) is 18.3 Å². The van der Waals surface area contributed by atoms with Crippen molar-refractivity contribution in [3.05, 3.63) is 71.8 Å². The maximum atomic E-state index is 2.48. The van der Waals surface area contributed by atoms with Gasteiger partial charge >= 0.3 is 0 Å². The molecule has 0 saturated carbocycles. The minimum absolute atomic E-state index is 0.434. The third-order valence-corrected chi connectivity index (χ3v) is 3.78. The van der Waals surface area contributed by atoms with Crippen LogP contribution < -0.4 is 4.90 Å². The van der Waals surface area contributed by atoms with Crippen molar-refractivity contribution in [1.82, 2.24) is 0 Å². The Morgan fingerprint density at radius 1 is 1.00 bits per heavy atom. The second-order valence-electron chi connectivity index (χ2n) is 5.08. The molecule has 1 heteroatoms. The molecule has 1 heterocycles. The Bertz CT molecular complexity index is 571. The molecule has 0 bridgehead atoms. The Balaban J connectivity index is 1.76. The number of nitrogens with zero attached hydrogens (tertiary/aromatic N) is 1. The van der Waals surface area contributed by atoms with Crippen molar-refractivity contribution in [2.45, 2.75) is 19.4 Å². The van der Waals surface area contributed by atoms with Crippen LogP contribution in [0, 0.1) is 0 Å². The zero-order chi connectivity index (χ0) is 13.1. The smallest absolute Gasteiger partial charge is 0.0448 e. The van der Waals surface area contributed by atoms with Gasteiger partial charge in [-0.3, -0.25) is 0 Å². The van der Waals surface area contributed by atoms with Gasteiger partial charge in [0.2, 0.25) is 0 Å². The van der Waals surface area contributed by atoms with E-state index in [1.54, 1.807) is 0 Å². The zero-order valence-electron chi connectivity index (χ0n) is 11.3. The molecule has 1 nitrogen and oxygen atoms in total. The van der Waals surface area contributed by atoms with Gasteiger partial charge in [-0.1, -0.05) is 60.7 Å². The van der Waals surface area contributed by atoms with Crippen LogP contribution in [0.25, 0.3) is 6.08 Å². The Hall–Kier alpha value is -2.02. The molecule has 0 N–H and O–H groups in total. The van der Waals surface area contributed by atoms with Crippen molar-refractivity contribution >= 4 is 11.8 Å². The summed E-state index contributed by atoms with van der Waals surface area (Å²) in [6.45, 7) is 3.39. The highest BCUT2D eigenvalue weighted by Gasteiger charge is 2.20. The fraction of sp³-hybridized carbons (Fsp3) is 0.222. The summed E-state index contributed by atoms with van der Waals surface area (Å²) in [5.74, 6) is 0. The average Bonchev–Trinajstić information content (AvgIpc) is 2.90. The number of benzene rings is 2. The van der Waals surface area contributed by atoms with Crippen molar-refractivity contribution in [1.29, 1.82) is 0 Å². The van der Waals surface area contributed by atoms with Crippen LogP contribution in [0.4, 0.5) is 5.69 Å². The van der Waals surface area contributed by atoms with Gasteiger partial charge in [-0.2, -0.15) is 0 Å². The number of rotatable bonds is 3. The number of para-hydroxylation sites is 1. The van der Waals surface area contributed by atoms with E-state index in [1.807, 2.05) is 0 Å². The first kappa shape index (κ1) is 12.0. The molecule has 96 valence electrons. The highest BCUT2D eigenvalue weighted by molar-refractivity contribution is 5.60. The summed E-state index contributed by atoms with van der Waals surface area (Å²) < 4.78 is 0. The SMILES string of the molecule is C[C@H](/C=C/c1ccccc1)N1CCc2ccccc21. The lowest BCUT2D eigenvalue weighted by Crippen LogP contribution is -2.29. The largest absolute Gasteiger partial charge is 0.365 e. The first-order chi connectivity index (χ1) is 9.34. The lowest BCUT2D eigenvalue weighted by molar-refractivity contribution is 0.767. The Kier molecular flexibility index (Phi) is 3.37. The van der Waals surface area contributed by atoms with E-state index in [4.69, 9.17) is 0 Å². The second kappa shape index (κ2) is 5.31. The van der Waals surface area contributed by atoms with E-state index < -0.39 is 0 Å². The quantitative estimate of drug-likeness (QED) is 0.790. The fourth-order valence-electron chi connectivity index (χ4n) is 2.71. The average molecular weight is 249 g/mol. The van der Waals surface area contributed by atoms with Gasteiger partial charge in [0.05, 0.1) is 0 Å². The number of fused-ring (bicyclic) bond motifs is 1. The van der Waals surface area contributed by atoms with Crippen molar-refractivity contribution in [3.8, 4) is 0 Å². The summed E-state index contributed by atoms with van der Waals surface area (Å²) in [5, 5.41) is 0. The van der Waals surface area contributed by atoms with E-state index in [1.165, 1.54) is 23.2 Å². The van der Waals surface area contributed by atoms with Gasteiger partial charge in [0.1, 0.15) is 0 Å². The lowest BCUT2D eigenvalue weighted by atomic mass is 10.1. The molecule has 0 aliphatic carbocycles. The molecule has 2 aromatic rings. The van der Waals surface area contributed by atoms with Crippen molar-refractivity contribution in [2.24, 2.45) is 0 Å². The molecule has 3 rings (SSSR count). The minimum atomic E-state index is 0.434. The Morgan fingerprint density at radius 2 is 1.74 bits per heavy atom. The summed E-state index contributed by atoms with van der Waals surface area (Å²) in [7, 11) is 0. The van der Waals surface area contributed by atoms with Crippen LogP contribution in [-0.2, 0) is 6.42 Å². The van der Waals surface area contributed by atoms with E-state index in [9.17, 15) is 0 Å². The topological polar surface area (TPSA) is 3.24 Å². The van der Waals surface area contributed by atoms with Crippen molar-refractivity contribution < 1.29 is 0 Å². The molecule has 1 aliphatic rings. The first-order valence-corrected chi connectivity index (χ1v) is 6.92. The van der Waals surface area contributed by atoms with Gasteiger partial charge in [0.15, 0.2) is 0 Å². The fourth-order valence-corrected chi connectivity index (χ4v) is 2.71. The highest BCUT2D eigenvalue weighted by Crippen LogP contribution is 2.29. The molecule has 0 amide bonds. The molecule has 0 fully saturated rings. The lowest BCUT2D eigenvalue weighted by Gasteiger charge is -2.24. The molecule has 0 unspecified atom stereocenters. The maximum absolute atomic E-state index is 2.48. The predicted octanol–water partition coefficient (Wildman–Crippen LogP) is 4.15. The number of anilines is 1. The summed E-state index contributed by atoms with van der Waals surface area (Å²) in [6.07, 6.45) is 5.67. The number of hydrogen-bond donors (Lipinski definition) is 0. The standard InChI is InChI=1S/C18H19N/c1-15(11-12-16-7-3-2-4-8-16)19-14-13-17-9-5-6-10-18(17)19/h2-12,15H,13-14H2,1H3/b12-11+/t15-/m1/s1. The van der Waals surface area contributed by atoms with E-state index >= 15 is 0 Å². The molecular formula is C18H19N. The normalized spacial score (nSPS) is 15.7. The number of hydrogen-bond acceptors (Lipinski definition) is 1. The Morgan fingerprint density at radius 3 is 2.58 bits per heavy atom. The van der Waals surface area contributed by atoms with Crippen molar-refractivity contribution in [3.63, 3.8) is 0 Å². The Labute approximate surface area is 115 Å². The van der Waals surface area contributed by atoms with Crippen LogP contribution in [0.15, 0.2) is 60.7 Å². The first-order valence-electron chi connectivity index (χ1n) is 6.92. The molecule has 0 radical (unpaired) electrons. The van der Waals surface area contributed by atoms with E-state index in [2.05, 4.69) is 78.6 Å². The van der Waals surface area contributed by atoms with Crippen LogP contribution in [0.2, 0.25) is 0 Å². The van der Waals surface area contributed by atoms with Crippen LogP contribution in [0.3, 0.4) is 0 Å². The van der Waals surface area contributed by atoms with Gasteiger partial charge in [-0.25, -0.2) is 0 Å². The van der Waals surface area contributed by atoms with Crippen LogP contribution >= 0.6 is 0 Å². The molecule has 0 aromatic heterocycles. The van der Waals surface area contributed by atoms with E-state index in [0.717, 1.165) is 6.54 Å². The van der Waals surface area contributed by atoms with Gasteiger partial charge < -0.3 is 4.90 Å². The monoisotopic (exact) mass is 249 g/mol. The van der Waals surface area contributed by atoms with E-state index in [-0.39, 0.29) is 0 Å². The van der Waals surface area contributed by atoms with Crippen LogP contribution in [0.1, 0.15) is 18.1 Å². The molecule has 1 atom stereocenters. The summed E-state index contributed by atoms with van der Waals surface area (Å²) in [5.41, 5.74) is 4.14. The molecular weight excluding hydrogens is 230 g/mol. The van der Waals surface area contributed by atoms with Crippen LogP contribution in [-0.4, -0.2) is 12.6 Å². The van der Waals surface area contributed by atoms with Crippen molar-refractivity contribution in [2.75, 3.05) is 11.4 Å². The van der Waals surface area contributed by atoms with Gasteiger partial charge in [-0.05, 0) is 30.5 Å². The summed E-state index contributed by atoms with van der Waals surface area (Å²) in [6, 6.07) is 19.7. The summed E-state index contributed by atoms with van der Waals surface area (Å²) >= 11 is 0. The molecule has 1 aliphatic heterocycles. The molecule has 19 heavy (non-hydrogen) atoms. The summed E-state index contributed by atoms with van der Waals surface area (Å²) in [4.78, 5) is 2.48. The molecule has 0 spiro atoms. The zero-order valence-corrected chi connectivity index (χ0v) is 11.3. The highest BCUT2D eigenvalue weighted by atomic mass is 15.2. The van der Waals surface area contributed by atoms with Crippen LogP contribution in [0.5, 0.6) is 0 Å². The van der Waals surface area contributed by atoms with Gasteiger partial charge in [-0.15, -0.1) is 0 Å². The van der Waals surface area contributed by atoms with Gasteiger partial charge in [0.25, 0.3) is 0 Å². The second-order valence-corrected chi connectivity index (χ2v) is 5.08. The molecule has 0 saturated heterocycles. The van der Waals surface area contributed by atoms with E-state index in [0.29, 0.717) is 6.04 Å².